The van der Waals surface area contributed by atoms with Crippen molar-refractivity contribution < 1.29 is 13.2 Å². The Morgan fingerprint density at radius 2 is 2.00 bits per heavy atom. The summed E-state index contributed by atoms with van der Waals surface area (Å²) >= 11 is 0. The molecule has 0 radical (unpaired) electrons. The number of rotatable bonds is 6. The van der Waals surface area contributed by atoms with E-state index >= 15 is 0 Å². The van der Waals surface area contributed by atoms with Crippen LogP contribution in [0, 0.1) is 11.8 Å². The van der Waals surface area contributed by atoms with Gasteiger partial charge in [0.2, 0.25) is 0 Å². The number of likely N-dealkylation sites (N-methyl/N-ethyl adjacent to an activating group) is 1. The Morgan fingerprint density at radius 3 is 2.66 bits per heavy atom. The molecule has 1 aromatic heterocycles. The van der Waals surface area contributed by atoms with Crippen molar-refractivity contribution in [3.8, 4) is 0 Å². The molecule has 2 aliphatic heterocycles. The molecular formula is C23H29F3N6. The average Bonchev–Trinajstić information content (AvgIpc) is 3.39. The third-order valence-electron chi connectivity index (χ3n) is 7.03. The van der Waals surface area contributed by atoms with Crippen LogP contribution in [0.4, 0.5) is 13.2 Å². The zero-order valence-corrected chi connectivity index (χ0v) is 18.3. The minimum atomic E-state index is -4.51. The van der Waals surface area contributed by atoms with Gasteiger partial charge in [-0.15, -0.1) is 0 Å². The van der Waals surface area contributed by atoms with Crippen molar-refractivity contribution in [1.82, 2.24) is 25.8 Å². The smallest absolute Gasteiger partial charge is 0.373 e. The third-order valence-corrected chi connectivity index (χ3v) is 7.03. The van der Waals surface area contributed by atoms with Crippen LogP contribution < -0.4 is 10.7 Å². The monoisotopic (exact) mass is 446 g/mol. The van der Waals surface area contributed by atoms with Gasteiger partial charge in [0.05, 0.1) is 23.5 Å². The number of aromatic nitrogens is 2. The molecule has 0 spiro atoms. The number of nitrogens with one attached hydrogen (secondary N) is 3. The van der Waals surface area contributed by atoms with Crippen LogP contribution in [0.2, 0.25) is 0 Å². The van der Waals surface area contributed by atoms with Gasteiger partial charge >= 0.3 is 6.18 Å². The third kappa shape index (κ3) is 3.42. The number of halogens is 3. The van der Waals surface area contributed by atoms with Gasteiger partial charge in [-0.05, 0) is 49.3 Å². The first kappa shape index (κ1) is 21.2. The summed E-state index contributed by atoms with van der Waals surface area (Å²) in [6.07, 6.45) is 7.28. The first-order valence-electron chi connectivity index (χ1n) is 11.5. The highest BCUT2D eigenvalue weighted by molar-refractivity contribution is 5.75. The number of H-pyrrole nitrogens is 1. The fourth-order valence-electron chi connectivity index (χ4n) is 5.28. The second kappa shape index (κ2) is 8.01. The molecule has 3 unspecified atom stereocenters. The molecule has 5 rings (SSSR count). The van der Waals surface area contributed by atoms with Crippen molar-refractivity contribution in [2.24, 2.45) is 16.9 Å². The van der Waals surface area contributed by atoms with Gasteiger partial charge in [-0.25, -0.2) is 0 Å². The number of alkyl halides is 3. The summed E-state index contributed by atoms with van der Waals surface area (Å²) in [5.41, 5.74) is 6.86. The van der Waals surface area contributed by atoms with Crippen molar-refractivity contribution in [3.05, 3.63) is 52.1 Å². The molecular weight excluding hydrogens is 417 g/mol. The zero-order chi connectivity index (χ0) is 22.5. The molecule has 9 heteroatoms. The zero-order valence-electron chi connectivity index (χ0n) is 18.3. The van der Waals surface area contributed by atoms with Gasteiger partial charge < -0.3 is 15.6 Å². The minimum Gasteiger partial charge on any atom is -0.373 e. The lowest BCUT2D eigenvalue weighted by atomic mass is 9.69. The summed E-state index contributed by atoms with van der Waals surface area (Å²) in [5, 5.41) is 13.8. The second-order valence-electron chi connectivity index (χ2n) is 8.94. The van der Waals surface area contributed by atoms with Gasteiger partial charge in [0.1, 0.15) is 0 Å². The first-order chi connectivity index (χ1) is 15.4. The topological polar surface area (TPSA) is 68.3 Å². The molecule has 6 nitrogen and oxygen atoms in total. The van der Waals surface area contributed by atoms with E-state index in [0.717, 1.165) is 50.2 Å². The van der Waals surface area contributed by atoms with E-state index in [1.807, 2.05) is 12.3 Å². The maximum absolute atomic E-state index is 13.7. The number of hydrogen-bond acceptors (Lipinski definition) is 5. The highest BCUT2D eigenvalue weighted by Crippen LogP contribution is 2.48. The van der Waals surface area contributed by atoms with E-state index < -0.39 is 17.9 Å². The van der Waals surface area contributed by atoms with Crippen molar-refractivity contribution in [1.29, 1.82) is 0 Å². The lowest BCUT2D eigenvalue weighted by molar-refractivity contribution is -0.141. The number of hydrazone groups is 1. The molecule has 0 saturated heterocycles. The predicted molar refractivity (Wildman–Crippen MR) is 116 cm³/mol. The largest absolute Gasteiger partial charge is 0.435 e. The van der Waals surface area contributed by atoms with E-state index in [1.165, 1.54) is 17.3 Å². The Bertz CT molecular complexity index is 998. The second-order valence-corrected chi connectivity index (χ2v) is 8.94. The first-order valence-corrected chi connectivity index (χ1v) is 11.5. The molecule has 3 heterocycles. The quantitative estimate of drug-likeness (QED) is 0.611. The van der Waals surface area contributed by atoms with Crippen LogP contribution in [0.25, 0.3) is 0 Å². The van der Waals surface area contributed by atoms with E-state index in [4.69, 9.17) is 0 Å². The summed E-state index contributed by atoms with van der Waals surface area (Å²) in [5.74, 6) is 0.460. The molecule has 32 heavy (non-hydrogen) atoms. The molecule has 4 aliphatic rings. The Labute approximate surface area is 185 Å². The van der Waals surface area contributed by atoms with Gasteiger partial charge in [-0.2, -0.15) is 23.4 Å². The molecule has 1 fully saturated rings. The number of fused-ring (bicyclic) bond motifs is 2. The molecule has 1 saturated carbocycles. The molecule has 0 amide bonds. The van der Waals surface area contributed by atoms with Gasteiger partial charge in [0, 0.05) is 37.0 Å². The number of nitrogens with zero attached hydrogens (tertiary/aromatic N) is 3. The Kier molecular flexibility index (Phi) is 5.29. The Hall–Kier alpha value is -2.71. The van der Waals surface area contributed by atoms with E-state index in [-0.39, 0.29) is 17.5 Å². The fraction of sp³-hybridized carbons (Fsp3) is 0.565. The normalized spacial score (nSPS) is 27.1. The SMILES string of the molecule is CCCN(CC)C1=CC2NN=CC2C2=C1NC(c1c[nH]nc1C(F)(F)F)C=C2C1CCC1. The molecule has 0 bridgehead atoms. The number of dihydropyridines is 1. The van der Waals surface area contributed by atoms with Crippen LogP contribution >= 0.6 is 0 Å². The van der Waals surface area contributed by atoms with Crippen LogP contribution in [-0.2, 0) is 6.18 Å². The maximum atomic E-state index is 13.7. The number of aromatic amines is 1. The van der Waals surface area contributed by atoms with Crippen molar-refractivity contribution in [2.75, 3.05) is 13.1 Å². The lowest BCUT2D eigenvalue weighted by Crippen LogP contribution is -2.43. The highest BCUT2D eigenvalue weighted by Gasteiger charge is 2.44. The Balaban J connectivity index is 1.63. The van der Waals surface area contributed by atoms with Gasteiger partial charge in [-0.3, -0.25) is 5.10 Å². The highest BCUT2D eigenvalue weighted by atomic mass is 19.4. The van der Waals surface area contributed by atoms with Gasteiger partial charge in [-0.1, -0.05) is 19.4 Å². The maximum Gasteiger partial charge on any atom is 0.435 e. The molecule has 2 aliphatic carbocycles. The van der Waals surface area contributed by atoms with Crippen molar-refractivity contribution in [2.45, 2.75) is 57.8 Å². The average molecular weight is 447 g/mol. The molecule has 3 atom stereocenters. The molecule has 3 N–H and O–H groups in total. The summed E-state index contributed by atoms with van der Waals surface area (Å²) in [6.45, 7) is 5.95. The van der Waals surface area contributed by atoms with Crippen molar-refractivity contribution in [3.63, 3.8) is 0 Å². The van der Waals surface area contributed by atoms with E-state index in [0.29, 0.717) is 5.92 Å². The molecule has 172 valence electrons. The Morgan fingerprint density at radius 1 is 1.19 bits per heavy atom. The van der Waals surface area contributed by atoms with E-state index in [9.17, 15) is 13.2 Å². The number of hydrogen-bond donors (Lipinski definition) is 3. The van der Waals surface area contributed by atoms with Crippen LogP contribution in [-0.4, -0.2) is 40.4 Å². The fourth-order valence-corrected chi connectivity index (χ4v) is 5.28. The van der Waals surface area contributed by atoms with E-state index in [2.05, 4.69) is 50.9 Å². The summed E-state index contributed by atoms with van der Waals surface area (Å²) in [6, 6.07) is -0.526. The summed E-state index contributed by atoms with van der Waals surface area (Å²) in [4.78, 5) is 2.30. The molecule has 0 aromatic carbocycles. The summed E-state index contributed by atoms with van der Waals surface area (Å²) < 4.78 is 41.0. The van der Waals surface area contributed by atoms with Crippen LogP contribution in [0.5, 0.6) is 0 Å². The van der Waals surface area contributed by atoms with Crippen LogP contribution in [0.1, 0.15) is 56.8 Å². The van der Waals surface area contributed by atoms with Gasteiger partial charge in [0.15, 0.2) is 5.69 Å². The predicted octanol–water partition coefficient (Wildman–Crippen LogP) is 4.26. The van der Waals surface area contributed by atoms with Crippen LogP contribution in [0.15, 0.2) is 46.0 Å². The van der Waals surface area contributed by atoms with Gasteiger partial charge in [0.25, 0.3) is 0 Å². The lowest BCUT2D eigenvalue weighted by Gasteiger charge is -2.43. The summed E-state index contributed by atoms with van der Waals surface area (Å²) in [7, 11) is 0. The molecule has 1 aromatic rings. The van der Waals surface area contributed by atoms with Crippen molar-refractivity contribution >= 4 is 6.21 Å². The minimum absolute atomic E-state index is 0.0659. The number of allylic oxidation sites excluding steroid dienone is 1. The van der Waals surface area contributed by atoms with Crippen LogP contribution in [0.3, 0.4) is 0 Å². The van der Waals surface area contributed by atoms with E-state index in [1.54, 1.807) is 0 Å². The standard InChI is InChI=1S/C23H29F3N6/c1-3-8-32(4-2)19-10-18-15(11-27-30-18)20-14(13-6-5-7-13)9-17(29-21(19)20)16-12-28-31-22(16)23(24,25)26/h9-13,15,17-18,29-30H,3-8H2,1-2H3,(H,28,31).